The average molecular weight is 499 g/mol. The summed E-state index contributed by atoms with van der Waals surface area (Å²) in [7, 11) is 0. The monoisotopic (exact) mass is 498 g/mol. The van der Waals surface area contributed by atoms with Gasteiger partial charge in [0.15, 0.2) is 0 Å². The van der Waals surface area contributed by atoms with E-state index in [4.69, 9.17) is 14.2 Å². The molecule has 0 aromatic heterocycles. The van der Waals surface area contributed by atoms with Crippen molar-refractivity contribution in [2.45, 2.75) is 173 Å². The second-order valence-electron chi connectivity index (χ2n) is 11.7. The molecule has 0 heterocycles. The minimum atomic E-state index is 0.118. The van der Waals surface area contributed by atoms with Gasteiger partial charge >= 0.3 is 0 Å². The van der Waals surface area contributed by atoms with Crippen LogP contribution in [-0.2, 0) is 14.2 Å². The van der Waals surface area contributed by atoms with Crippen LogP contribution >= 0.6 is 0 Å². The zero-order valence-corrected chi connectivity index (χ0v) is 23.6. The third kappa shape index (κ3) is 7.58. The predicted molar refractivity (Wildman–Crippen MR) is 149 cm³/mol. The van der Waals surface area contributed by atoms with E-state index in [9.17, 15) is 0 Å². The smallest absolute Gasteiger partial charge is 0.0833 e. The van der Waals surface area contributed by atoms with Crippen LogP contribution in [0.3, 0.4) is 0 Å². The van der Waals surface area contributed by atoms with Crippen molar-refractivity contribution in [1.82, 2.24) is 0 Å². The van der Waals surface area contributed by atoms with Gasteiger partial charge in [-0.1, -0.05) is 96.8 Å². The zero-order chi connectivity index (χ0) is 25.2. The molecule has 3 nitrogen and oxygen atoms in total. The summed E-state index contributed by atoms with van der Waals surface area (Å²) in [5.74, 6) is 0. The number of ether oxygens (including phenoxy) is 3. The van der Waals surface area contributed by atoms with Crippen LogP contribution in [0.15, 0.2) is 18.2 Å². The van der Waals surface area contributed by atoms with Crippen molar-refractivity contribution >= 4 is 0 Å². The molecule has 3 atom stereocenters. The van der Waals surface area contributed by atoms with Crippen LogP contribution in [0.25, 0.3) is 0 Å². The van der Waals surface area contributed by atoms with Crippen molar-refractivity contribution in [3.63, 3.8) is 0 Å². The summed E-state index contributed by atoms with van der Waals surface area (Å²) in [6.45, 7) is 6.89. The standard InChI is InChI=1S/C33H54O3/c1-4-30(34-25-17-10-7-11-18-25)28-23-16-24-29(31(5-2)35-26-19-12-8-13-20-26)33(28)32(6-3)36-27-21-14-9-15-22-27/h16,23-27,30-32H,4-15,17-22H2,1-3H3. The number of rotatable bonds is 12. The summed E-state index contributed by atoms with van der Waals surface area (Å²) in [6, 6.07) is 6.95. The van der Waals surface area contributed by atoms with E-state index in [1.165, 1.54) is 113 Å². The van der Waals surface area contributed by atoms with E-state index in [1.807, 2.05) is 0 Å². The Bertz CT molecular complexity index is 697. The SMILES string of the molecule is CCC(OC1CCCCC1)c1cccc(C(CC)OC2CCCCC2)c1C(CC)OC1CCCCC1. The summed E-state index contributed by atoms with van der Waals surface area (Å²) < 4.78 is 20.7. The summed E-state index contributed by atoms with van der Waals surface area (Å²) in [6.07, 6.45) is 23.8. The number of hydrogen-bond donors (Lipinski definition) is 0. The van der Waals surface area contributed by atoms with Crippen LogP contribution in [0.5, 0.6) is 0 Å². The van der Waals surface area contributed by atoms with Crippen molar-refractivity contribution in [1.29, 1.82) is 0 Å². The van der Waals surface area contributed by atoms with E-state index in [0.717, 1.165) is 19.3 Å². The van der Waals surface area contributed by atoms with Gasteiger partial charge in [-0.15, -0.1) is 0 Å². The Kier molecular flexibility index (Phi) is 11.6. The molecule has 0 amide bonds. The fraction of sp³-hybridized carbons (Fsp3) is 0.818. The van der Waals surface area contributed by atoms with Crippen LogP contribution < -0.4 is 0 Å². The first kappa shape index (κ1) is 28.1. The third-order valence-corrected chi connectivity index (χ3v) is 9.03. The van der Waals surface area contributed by atoms with Gasteiger partial charge in [0.25, 0.3) is 0 Å². The highest BCUT2D eigenvalue weighted by Gasteiger charge is 2.31. The number of benzene rings is 1. The molecule has 3 unspecified atom stereocenters. The minimum Gasteiger partial charge on any atom is -0.370 e. The van der Waals surface area contributed by atoms with E-state index in [0.29, 0.717) is 18.3 Å². The van der Waals surface area contributed by atoms with Crippen molar-refractivity contribution in [2.24, 2.45) is 0 Å². The van der Waals surface area contributed by atoms with Gasteiger partial charge in [0.05, 0.1) is 36.6 Å². The Balaban J connectivity index is 1.66. The van der Waals surface area contributed by atoms with E-state index in [1.54, 1.807) is 0 Å². The van der Waals surface area contributed by atoms with E-state index >= 15 is 0 Å². The second-order valence-corrected chi connectivity index (χ2v) is 11.7. The predicted octanol–water partition coefficient (Wildman–Crippen LogP) is 10.1. The van der Waals surface area contributed by atoms with Gasteiger partial charge in [-0.05, 0) is 74.5 Å². The molecule has 0 saturated heterocycles. The lowest BCUT2D eigenvalue weighted by molar-refractivity contribution is -0.0518. The fourth-order valence-corrected chi connectivity index (χ4v) is 6.98. The maximum atomic E-state index is 6.97. The molecule has 3 saturated carbocycles. The highest BCUT2D eigenvalue weighted by Crippen LogP contribution is 2.42. The summed E-state index contributed by atoms with van der Waals surface area (Å²) in [5, 5.41) is 0. The van der Waals surface area contributed by atoms with E-state index in [2.05, 4.69) is 39.0 Å². The highest BCUT2D eigenvalue weighted by atomic mass is 16.5. The molecule has 0 aliphatic heterocycles. The Hall–Kier alpha value is -0.900. The van der Waals surface area contributed by atoms with Crippen LogP contribution in [0, 0.1) is 0 Å². The summed E-state index contributed by atoms with van der Waals surface area (Å²) in [5.41, 5.74) is 4.14. The normalized spacial score (nSPS) is 23.4. The lowest BCUT2D eigenvalue weighted by atomic mass is 9.87. The Morgan fingerprint density at radius 1 is 0.528 bits per heavy atom. The maximum Gasteiger partial charge on any atom is 0.0833 e. The van der Waals surface area contributed by atoms with Crippen LogP contribution in [0.4, 0.5) is 0 Å². The molecule has 1 aromatic rings. The molecule has 0 bridgehead atoms. The van der Waals surface area contributed by atoms with E-state index in [-0.39, 0.29) is 18.3 Å². The largest absolute Gasteiger partial charge is 0.370 e. The molecular weight excluding hydrogens is 444 g/mol. The summed E-state index contributed by atoms with van der Waals surface area (Å²) in [4.78, 5) is 0. The zero-order valence-electron chi connectivity index (χ0n) is 23.6. The first-order valence-electron chi connectivity index (χ1n) is 15.8. The maximum absolute atomic E-state index is 6.97. The third-order valence-electron chi connectivity index (χ3n) is 9.03. The second kappa shape index (κ2) is 14.9. The van der Waals surface area contributed by atoms with Crippen molar-refractivity contribution in [3.8, 4) is 0 Å². The van der Waals surface area contributed by atoms with Gasteiger partial charge in [-0.2, -0.15) is 0 Å². The topological polar surface area (TPSA) is 27.7 Å². The Labute approximate surface area is 222 Å². The molecule has 3 aliphatic rings. The van der Waals surface area contributed by atoms with Gasteiger partial charge in [-0.25, -0.2) is 0 Å². The van der Waals surface area contributed by atoms with Crippen LogP contribution in [0.1, 0.15) is 171 Å². The minimum absolute atomic E-state index is 0.118. The van der Waals surface area contributed by atoms with Gasteiger partial charge in [0.1, 0.15) is 0 Å². The molecule has 204 valence electrons. The molecule has 0 spiro atoms. The lowest BCUT2D eigenvalue weighted by Crippen LogP contribution is -2.25. The first-order chi connectivity index (χ1) is 17.7. The van der Waals surface area contributed by atoms with Gasteiger partial charge in [0, 0.05) is 0 Å². The van der Waals surface area contributed by atoms with E-state index < -0.39 is 0 Å². The molecule has 0 radical (unpaired) electrons. The molecule has 3 heteroatoms. The lowest BCUT2D eigenvalue weighted by Gasteiger charge is -2.35. The molecule has 3 aliphatic carbocycles. The van der Waals surface area contributed by atoms with Crippen molar-refractivity contribution in [3.05, 3.63) is 34.9 Å². The molecule has 3 fully saturated rings. The average Bonchev–Trinajstić information content (AvgIpc) is 2.95. The molecular formula is C33H54O3. The highest BCUT2D eigenvalue weighted by molar-refractivity contribution is 5.40. The van der Waals surface area contributed by atoms with Crippen molar-refractivity contribution in [2.75, 3.05) is 0 Å². The summed E-state index contributed by atoms with van der Waals surface area (Å²) >= 11 is 0. The van der Waals surface area contributed by atoms with Crippen LogP contribution in [-0.4, -0.2) is 18.3 Å². The van der Waals surface area contributed by atoms with Gasteiger partial charge in [-0.3, -0.25) is 0 Å². The molecule has 0 N–H and O–H groups in total. The van der Waals surface area contributed by atoms with Gasteiger partial charge < -0.3 is 14.2 Å². The molecule has 1 aromatic carbocycles. The Morgan fingerprint density at radius 3 is 1.19 bits per heavy atom. The number of hydrogen-bond acceptors (Lipinski definition) is 3. The van der Waals surface area contributed by atoms with Gasteiger partial charge in [0.2, 0.25) is 0 Å². The fourth-order valence-electron chi connectivity index (χ4n) is 6.98. The van der Waals surface area contributed by atoms with Crippen LogP contribution in [0.2, 0.25) is 0 Å². The molecule has 36 heavy (non-hydrogen) atoms. The quantitative estimate of drug-likeness (QED) is 0.287. The first-order valence-corrected chi connectivity index (χ1v) is 15.8. The molecule has 4 rings (SSSR count). The van der Waals surface area contributed by atoms with Crippen molar-refractivity contribution < 1.29 is 14.2 Å². The Morgan fingerprint density at radius 2 is 0.861 bits per heavy atom.